The van der Waals surface area contributed by atoms with Crippen molar-refractivity contribution in [1.82, 2.24) is 37.2 Å². The van der Waals surface area contributed by atoms with Crippen LogP contribution in [0.4, 0.5) is 0 Å². The van der Waals surface area contributed by atoms with Gasteiger partial charge in [0.1, 0.15) is 36.3 Å². The molecule has 7 atom stereocenters. The van der Waals surface area contributed by atoms with E-state index in [0.29, 0.717) is 5.56 Å². The molecule has 1 aromatic carbocycles. The average molecular weight is 749 g/mol. The van der Waals surface area contributed by atoms with E-state index >= 15 is 0 Å². The fourth-order valence-corrected chi connectivity index (χ4v) is 4.98. The van der Waals surface area contributed by atoms with Crippen molar-refractivity contribution in [1.29, 1.82) is 0 Å². The summed E-state index contributed by atoms with van der Waals surface area (Å²) >= 11 is 0. The summed E-state index contributed by atoms with van der Waals surface area (Å²) in [5.41, 5.74) is 6.00. The van der Waals surface area contributed by atoms with Crippen molar-refractivity contribution >= 4 is 47.3 Å². The maximum absolute atomic E-state index is 13.4. The highest BCUT2D eigenvalue weighted by molar-refractivity contribution is 5.96. The number of benzene rings is 1. The molecule has 0 saturated heterocycles. The molecule has 53 heavy (non-hydrogen) atoms. The first-order valence-corrected chi connectivity index (χ1v) is 17.5. The van der Waals surface area contributed by atoms with Crippen molar-refractivity contribution in [3.05, 3.63) is 35.9 Å². The lowest BCUT2D eigenvalue weighted by atomic mass is 10.0. The Hall–Kier alpha value is -5.10. The van der Waals surface area contributed by atoms with Crippen LogP contribution in [0.15, 0.2) is 30.3 Å². The first-order valence-electron chi connectivity index (χ1n) is 17.5. The molecule has 1 rings (SSSR count). The first kappa shape index (κ1) is 45.9. The molecule has 11 N–H and O–H groups in total. The third kappa shape index (κ3) is 17.3. The van der Waals surface area contributed by atoms with Crippen LogP contribution in [0.5, 0.6) is 0 Å². The number of carboxylic acid groups (broad SMARTS) is 1. The van der Waals surface area contributed by atoms with E-state index in [1.807, 2.05) is 0 Å². The normalized spacial score (nSPS) is 15.0. The second-order valence-corrected chi connectivity index (χ2v) is 13.7. The molecule has 18 nitrogen and oxygen atoms in total. The van der Waals surface area contributed by atoms with Gasteiger partial charge < -0.3 is 53.2 Å². The van der Waals surface area contributed by atoms with E-state index in [4.69, 9.17) is 5.73 Å². The summed E-state index contributed by atoms with van der Waals surface area (Å²) in [6.45, 7) is 10.2. The monoisotopic (exact) mass is 748 g/mol. The number of carbonyl (C=O) groups is 8. The van der Waals surface area contributed by atoms with Crippen LogP contribution in [-0.2, 0) is 44.8 Å². The Kier molecular flexibility index (Phi) is 19.7. The van der Waals surface area contributed by atoms with Gasteiger partial charge in [-0.2, -0.15) is 0 Å². The third-order valence-electron chi connectivity index (χ3n) is 7.79. The van der Waals surface area contributed by atoms with Crippen molar-refractivity contribution in [2.75, 3.05) is 13.1 Å². The van der Waals surface area contributed by atoms with Crippen molar-refractivity contribution < 1.29 is 48.6 Å². The van der Waals surface area contributed by atoms with Crippen LogP contribution in [0.25, 0.3) is 0 Å². The summed E-state index contributed by atoms with van der Waals surface area (Å²) < 4.78 is 0. The standard InChI is InChI=1S/C35H56N8O10/c1-18(2)13-24(33(50)43-29(22(7)44)34(51)39-21(6)31(48)42-26(35(52)53)14-19(3)4)40-28(46)17-37-32(49)25(15-23-11-9-8-10-12-23)41-30(47)20(5)38-27(45)16-36/h8-12,18-22,24-26,29,44H,13-17,36H2,1-7H3,(H,37,49)(H,38,45)(H,39,51)(H,40,46)(H,41,47)(H,42,48)(H,43,50)(H,52,53)/t20-,21-,22+,24-,25-,26-,29-/m0/s1. The molecule has 0 heterocycles. The molecule has 0 radical (unpaired) electrons. The number of hydrogen-bond donors (Lipinski definition) is 10. The number of aliphatic hydroxyl groups is 1. The summed E-state index contributed by atoms with van der Waals surface area (Å²) in [6.07, 6.45) is -1.14. The van der Waals surface area contributed by atoms with Crippen molar-refractivity contribution in [3.8, 4) is 0 Å². The van der Waals surface area contributed by atoms with Crippen LogP contribution in [0.1, 0.15) is 66.9 Å². The van der Waals surface area contributed by atoms with Gasteiger partial charge in [0, 0.05) is 6.42 Å². The topological polar surface area (TPSA) is 287 Å². The number of carbonyl (C=O) groups excluding carboxylic acids is 7. The van der Waals surface area contributed by atoms with Gasteiger partial charge in [0.15, 0.2) is 0 Å². The Bertz CT molecular complexity index is 1420. The fraction of sp³-hybridized carbons (Fsp3) is 0.600. The van der Waals surface area contributed by atoms with E-state index in [9.17, 15) is 48.6 Å². The van der Waals surface area contributed by atoms with Gasteiger partial charge in [0.05, 0.1) is 19.2 Å². The van der Waals surface area contributed by atoms with E-state index in [0.717, 1.165) is 0 Å². The Balaban J connectivity index is 2.99. The van der Waals surface area contributed by atoms with Crippen LogP contribution >= 0.6 is 0 Å². The predicted octanol–water partition coefficient (Wildman–Crippen LogP) is -2.19. The van der Waals surface area contributed by atoms with E-state index in [1.165, 1.54) is 20.8 Å². The summed E-state index contributed by atoms with van der Waals surface area (Å²) in [4.78, 5) is 101. The molecule has 18 heteroatoms. The molecule has 0 spiro atoms. The van der Waals surface area contributed by atoms with E-state index in [2.05, 4.69) is 37.2 Å². The van der Waals surface area contributed by atoms with Gasteiger partial charge in [-0.15, -0.1) is 0 Å². The van der Waals surface area contributed by atoms with E-state index < -0.39 is 96.2 Å². The maximum Gasteiger partial charge on any atom is 0.326 e. The van der Waals surface area contributed by atoms with Crippen LogP contribution in [0.2, 0.25) is 0 Å². The number of nitrogens with two attached hydrogens (primary N) is 1. The summed E-state index contributed by atoms with van der Waals surface area (Å²) in [6, 6.07) is 1.41. The van der Waals surface area contributed by atoms with Crippen molar-refractivity contribution in [2.24, 2.45) is 17.6 Å². The molecule has 1 aromatic rings. The minimum Gasteiger partial charge on any atom is -0.480 e. The predicted molar refractivity (Wildman–Crippen MR) is 193 cm³/mol. The van der Waals surface area contributed by atoms with Gasteiger partial charge in [-0.3, -0.25) is 33.6 Å². The minimum absolute atomic E-state index is 0.0386. The van der Waals surface area contributed by atoms with Gasteiger partial charge in [-0.1, -0.05) is 58.0 Å². The Morgan fingerprint density at radius 1 is 0.604 bits per heavy atom. The maximum atomic E-state index is 13.4. The Labute approximate surface area is 309 Å². The van der Waals surface area contributed by atoms with E-state index in [-0.39, 0.29) is 37.6 Å². The highest BCUT2D eigenvalue weighted by atomic mass is 16.4. The SMILES string of the molecule is CC(C)C[C@H](NC(=O)[C@H](C)NC(=O)[C@@H](NC(=O)[C@H](CC(C)C)NC(=O)CNC(=O)[C@H](Cc1ccccc1)NC(=O)[C@H](C)NC(=O)CN)[C@@H](C)O)C(=O)O. The van der Waals surface area contributed by atoms with Gasteiger partial charge in [-0.05, 0) is 51.0 Å². The molecule has 0 unspecified atom stereocenters. The molecule has 0 saturated carbocycles. The number of aliphatic hydroxyl groups excluding tert-OH is 1. The highest BCUT2D eigenvalue weighted by Gasteiger charge is 2.33. The van der Waals surface area contributed by atoms with Crippen LogP contribution in [0, 0.1) is 11.8 Å². The number of nitrogens with one attached hydrogen (secondary N) is 7. The van der Waals surface area contributed by atoms with Gasteiger partial charge in [-0.25, -0.2) is 4.79 Å². The molecule has 0 aliphatic rings. The molecule has 0 aromatic heterocycles. The quantitative estimate of drug-likeness (QED) is 0.0608. The lowest BCUT2D eigenvalue weighted by molar-refractivity contribution is -0.142. The molecule has 0 aliphatic carbocycles. The van der Waals surface area contributed by atoms with Gasteiger partial charge in [0.25, 0.3) is 0 Å². The van der Waals surface area contributed by atoms with Gasteiger partial charge in [0.2, 0.25) is 41.4 Å². The summed E-state index contributed by atoms with van der Waals surface area (Å²) in [5, 5.41) is 36.9. The van der Waals surface area contributed by atoms with Crippen LogP contribution < -0.4 is 43.0 Å². The summed E-state index contributed by atoms with van der Waals surface area (Å²) in [7, 11) is 0. The Morgan fingerprint density at radius 2 is 1.13 bits per heavy atom. The van der Waals surface area contributed by atoms with Crippen LogP contribution in [-0.4, -0.2) is 113 Å². The van der Waals surface area contributed by atoms with Gasteiger partial charge >= 0.3 is 5.97 Å². The lowest BCUT2D eigenvalue weighted by Crippen LogP contribution is -2.60. The molecule has 0 bridgehead atoms. The molecule has 7 amide bonds. The third-order valence-corrected chi connectivity index (χ3v) is 7.79. The zero-order chi connectivity index (χ0) is 40.4. The largest absolute Gasteiger partial charge is 0.480 e. The lowest BCUT2D eigenvalue weighted by Gasteiger charge is -2.27. The highest BCUT2D eigenvalue weighted by Crippen LogP contribution is 2.08. The number of aliphatic carboxylic acids is 1. The summed E-state index contributed by atoms with van der Waals surface area (Å²) in [5.74, 6) is -6.69. The van der Waals surface area contributed by atoms with Crippen LogP contribution in [0.3, 0.4) is 0 Å². The zero-order valence-corrected chi connectivity index (χ0v) is 31.4. The number of rotatable bonds is 22. The smallest absolute Gasteiger partial charge is 0.326 e. The Morgan fingerprint density at radius 3 is 1.64 bits per heavy atom. The minimum atomic E-state index is -1.56. The molecule has 296 valence electrons. The first-order chi connectivity index (χ1) is 24.7. The fourth-order valence-electron chi connectivity index (χ4n) is 4.98. The second-order valence-electron chi connectivity index (χ2n) is 13.7. The number of carboxylic acids is 1. The number of hydrogen-bond acceptors (Lipinski definition) is 10. The molecular weight excluding hydrogens is 692 g/mol. The zero-order valence-electron chi connectivity index (χ0n) is 31.4. The molecular formula is C35H56N8O10. The number of amides is 7. The van der Waals surface area contributed by atoms with Crippen molar-refractivity contribution in [2.45, 2.75) is 110 Å². The van der Waals surface area contributed by atoms with E-state index in [1.54, 1.807) is 58.0 Å². The second kappa shape index (κ2) is 22.8. The van der Waals surface area contributed by atoms with Crippen molar-refractivity contribution in [3.63, 3.8) is 0 Å². The molecule has 0 aliphatic heterocycles. The average Bonchev–Trinajstić information content (AvgIpc) is 3.07. The molecule has 0 fully saturated rings.